The minimum atomic E-state index is -0.499. The minimum absolute atomic E-state index is 0.137. The molecule has 0 unspecified atom stereocenters. The molecule has 0 amide bonds. The number of hydrogen-bond donors (Lipinski definition) is 0. The van der Waals surface area contributed by atoms with Crippen LogP contribution in [0, 0.1) is 17.0 Å². The summed E-state index contributed by atoms with van der Waals surface area (Å²) in [5.74, 6) is -0.137. The van der Waals surface area contributed by atoms with Gasteiger partial charge in [0.25, 0.3) is 0 Å². The summed E-state index contributed by atoms with van der Waals surface area (Å²) >= 11 is 5.83. The van der Waals surface area contributed by atoms with E-state index in [0.717, 1.165) is 10.9 Å². The quantitative estimate of drug-likeness (QED) is 0.550. The van der Waals surface area contributed by atoms with Gasteiger partial charge in [0.05, 0.1) is 0 Å². The maximum absolute atomic E-state index is 10.6. The smallest absolute Gasteiger partial charge is 0.358 e. The van der Waals surface area contributed by atoms with Crippen molar-refractivity contribution in [2.75, 3.05) is 0 Å². The average molecular weight is 223 g/mol. The van der Waals surface area contributed by atoms with Gasteiger partial charge in [-0.25, -0.2) is 0 Å². The highest BCUT2D eigenvalue weighted by Crippen LogP contribution is 2.24. The fourth-order valence-corrected chi connectivity index (χ4v) is 1.61. The molecule has 0 saturated heterocycles. The van der Waals surface area contributed by atoms with Crippen LogP contribution >= 0.6 is 11.6 Å². The number of hydrogen-bond acceptors (Lipinski definition) is 3. The van der Waals surface area contributed by atoms with Crippen LogP contribution in [-0.2, 0) is 0 Å². The van der Waals surface area contributed by atoms with Crippen molar-refractivity contribution in [3.05, 3.63) is 45.0 Å². The maximum atomic E-state index is 10.6. The van der Waals surface area contributed by atoms with Gasteiger partial charge in [0.1, 0.15) is 0 Å². The van der Waals surface area contributed by atoms with Gasteiger partial charge >= 0.3 is 5.82 Å². The molecule has 0 aliphatic carbocycles. The molecule has 0 radical (unpaired) electrons. The lowest BCUT2D eigenvalue weighted by molar-refractivity contribution is -0.389. The fraction of sp³-hybridized carbons (Fsp3) is 0.100. The zero-order valence-electron chi connectivity index (χ0n) is 7.90. The summed E-state index contributed by atoms with van der Waals surface area (Å²) in [5.41, 5.74) is 1.39. The second kappa shape index (κ2) is 3.47. The molecule has 0 aliphatic heterocycles. The number of nitrogens with zero attached hydrogens (tertiary/aromatic N) is 2. The van der Waals surface area contributed by atoms with Gasteiger partial charge < -0.3 is 10.1 Å². The number of fused-ring (bicyclic) bond motifs is 1. The number of pyridine rings is 1. The number of aryl methyl sites for hydroxylation is 1. The second-order valence-corrected chi connectivity index (χ2v) is 3.65. The van der Waals surface area contributed by atoms with Crippen LogP contribution in [-0.4, -0.2) is 9.91 Å². The first-order valence-electron chi connectivity index (χ1n) is 4.29. The number of rotatable bonds is 1. The van der Waals surface area contributed by atoms with Gasteiger partial charge in [-0.2, -0.15) is 0 Å². The van der Waals surface area contributed by atoms with Gasteiger partial charge in [-0.15, -0.1) is 0 Å². The zero-order chi connectivity index (χ0) is 11.0. The molecule has 1 aromatic heterocycles. The number of halogens is 1. The van der Waals surface area contributed by atoms with Crippen LogP contribution in [0.5, 0.6) is 0 Å². The molecule has 0 bridgehead atoms. The highest BCUT2D eigenvalue weighted by atomic mass is 35.5. The lowest BCUT2D eigenvalue weighted by Gasteiger charge is -1.99. The van der Waals surface area contributed by atoms with Crippen LogP contribution in [0.4, 0.5) is 5.82 Å². The van der Waals surface area contributed by atoms with Crippen molar-refractivity contribution in [2.24, 2.45) is 0 Å². The number of nitro groups is 1. The SMILES string of the molecule is Cc1cc([N+](=O)[O-])nc2ccc(Cl)cc12. The van der Waals surface area contributed by atoms with Crippen LogP contribution < -0.4 is 0 Å². The lowest BCUT2D eigenvalue weighted by atomic mass is 10.1. The van der Waals surface area contributed by atoms with E-state index >= 15 is 0 Å². The summed E-state index contributed by atoms with van der Waals surface area (Å²) in [6.07, 6.45) is 0. The van der Waals surface area contributed by atoms with Crippen molar-refractivity contribution in [1.29, 1.82) is 0 Å². The predicted octanol–water partition coefficient (Wildman–Crippen LogP) is 3.10. The third-order valence-corrected chi connectivity index (χ3v) is 2.39. The van der Waals surface area contributed by atoms with E-state index in [2.05, 4.69) is 4.98 Å². The Balaban J connectivity index is 2.78. The van der Waals surface area contributed by atoms with Gasteiger partial charge in [-0.3, -0.25) is 0 Å². The van der Waals surface area contributed by atoms with E-state index < -0.39 is 4.92 Å². The molecular weight excluding hydrogens is 216 g/mol. The fourth-order valence-electron chi connectivity index (χ4n) is 1.44. The summed E-state index contributed by atoms with van der Waals surface area (Å²) in [6.45, 7) is 1.80. The average Bonchev–Trinajstić information content (AvgIpc) is 2.18. The summed E-state index contributed by atoms with van der Waals surface area (Å²) in [4.78, 5) is 14.0. The molecule has 1 heterocycles. The third kappa shape index (κ3) is 1.76. The van der Waals surface area contributed by atoms with Crippen molar-refractivity contribution in [3.63, 3.8) is 0 Å². The molecule has 0 saturated carbocycles. The van der Waals surface area contributed by atoms with Crippen molar-refractivity contribution in [3.8, 4) is 0 Å². The van der Waals surface area contributed by atoms with Gasteiger partial charge in [0, 0.05) is 16.5 Å². The monoisotopic (exact) mass is 222 g/mol. The molecule has 1 aromatic carbocycles. The Hall–Kier alpha value is -1.68. The van der Waals surface area contributed by atoms with E-state index in [-0.39, 0.29) is 5.82 Å². The second-order valence-electron chi connectivity index (χ2n) is 3.22. The molecule has 5 heteroatoms. The zero-order valence-corrected chi connectivity index (χ0v) is 8.65. The topological polar surface area (TPSA) is 56.0 Å². The Bertz CT molecular complexity index is 554. The van der Waals surface area contributed by atoms with Gasteiger partial charge in [0.15, 0.2) is 5.52 Å². The summed E-state index contributed by atoms with van der Waals surface area (Å²) in [7, 11) is 0. The first kappa shape index (κ1) is 9.86. The molecule has 4 nitrogen and oxygen atoms in total. The maximum Gasteiger partial charge on any atom is 0.364 e. The van der Waals surface area contributed by atoms with Crippen molar-refractivity contribution in [2.45, 2.75) is 6.92 Å². The Labute approximate surface area is 90.7 Å². The molecule has 15 heavy (non-hydrogen) atoms. The Kier molecular flexibility index (Phi) is 2.28. The van der Waals surface area contributed by atoms with Gasteiger partial charge in [-0.1, -0.05) is 11.6 Å². The molecule has 0 N–H and O–H groups in total. The van der Waals surface area contributed by atoms with E-state index in [1.165, 1.54) is 6.07 Å². The normalized spacial score (nSPS) is 10.5. The molecular formula is C10H7ClN2O2. The third-order valence-electron chi connectivity index (χ3n) is 2.15. The largest absolute Gasteiger partial charge is 0.364 e. The first-order valence-corrected chi connectivity index (χ1v) is 4.67. The van der Waals surface area contributed by atoms with Crippen LogP contribution in [0.1, 0.15) is 5.56 Å². The summed E-state index contributed by atoms with van der Waals surface area (Å²) < 4.78 is 0. The van der Waals surface area contributed by atoms with Crippen LogP contribution in [0.2, 0.25) is 5.02 Å². The lowest BCUT2D eigenvalue weighted by Crippen LogP contribution is -1.93. The van der Waals surface area contributed by atoms with Crippen LogP contribution in [0.25, 0.3) is 10.9 Å². The summed E-state index contributed by atoms with van der Waals surface area (Å²) in [5, 5.41) is 12.0. The Morgan fingerprint density at radius 3 is 2.80 bits per heavy atom. The predicted molar refractivity (Wildman–Crippen MR) is 58.1 cm³/mol. The standard InChI is InChI=1S/C10H7ClN2O2/c1-6-4-10(13(14)15)12-9-3-2-7(11)5-8(6)9/h2-5H,1H3. The van der Waals surface area contributed by atoms with E-state index in [1.807, 2.05) is 0 Å². The molecule has 0 atom stereocenters. The Morgan fingerprint density at radius 2 is 2.13 bits per heavy atom. The molecule has 76 valence electrons. The first-order chi connectivity index (χ1) is 7.08. The van der Waals surface area contributed by atoms with Crippen molar-refractivity contribution < 1.29 is 4.92 Å². The molecule has 2 aromatic rings. The van der Waals surface area contributed by atoms with Gasteiger partial charge in [-0.05, 0) is 40.6 Å². The molecule has 0 aliphatic rings. The van der Waals surface area contributed by atoms with Crippen LogP contribution in [0.15, 0.2) is 24.3 Å². The van der Waals surface area contributed by atoms with E-state index in [9.17, 15) is 10.1 Å². The molecule has 0 spiro atoms. The van der Waals surface area contributed by atoms with E-state index in [1.54, 1.807) is 25.1 Å². The van der Waals surface area contributed by atoms with Crippen molar-refractivity contribution >= 4 is 28.3 Å². The Morgan fingerprint density at radius 1 is 1.40 bits per heavy atom. The summed E-state index contributed by atoms with van der Waals surface area (Å²) in [6, 6.07) is 6.54. The highest BCUT2D eigenvalue weighted by Gasteiger charge is 2.12. The van der Waals surface area contributed by atoms with Crippen LogP contribution in [0.3, 0.4) is 0 Å². The highest BCUT2D eigenvalue weighted by molar-refractivity contribution is 6.31. The van der Waals surface area contributed by atoms with E-state index in [0.29, 0.717) is 10.5 Å². The minimum Gasteiger partial charge on any atom is -0.358 e. The van der Waals surface area contributed by atoms with E-state index in [4.69, 9.17) is 11.6 Å². The number of benzene rings is 1. The molecule has 0 fully saturated rings. The number of aromatic nitrogens is 1. The van der Waals surface area contributed by atoms with Crippen molar-refractivity contribution in [1.82, 2.24) is 4.98 Å². The van der Waals surface area contributed by atoms with Gasteiger partial charge in [0.2, 0.25) is 0 Å². The molecule has 2 rings (SSSR count).